The maximum atomic E-state index is 12.8. The van der Waals surface area contributed by atoms with Gasteiger partial charge in [0.1, 0.15) is 5.78 Å². The lowest BCUT2D eigenvalue weighted by atomic mass is 10.2. The van der Waals surface area contributed by atoms with E-state index in [2.05, 4.69) is 68.2 Å². The Morgan fingerprint density at radius 3 is 1.92 bits per heavy atom. The molecule has 0 aromatic carbocycles. The van der Waals surface area contributed by atoms with E-state index in [9.17, 15) is 18.4 Å². The number of rotatable bonds is 2. The summed E-state index contributed by atoms with van der Waals surface area (Å²) in [7, 11) is 0. The number of nitrogens with zero attached hydrogens (tertiary/aromatic N) is 5. The van der Waals surface area contributed by atoms with Crippen LogP contribution >= 0.6 is 47.8 Å². The molecule has 6 rings (SSSR count). The van der Waals surface area contributed by atoms with Gasteiger partial charge < -0.3 is 0 Å². The monoisotopic (exact) mass is 706 g/mol. The molecule has 2 atom stereocenters. The quantitative estimate of drug-likeness (QED) is 0.309. The van der Waals surface area contributed by atoms with Crippen LogP contribution in [0.5, 0.6) is 0 Å². The number of allylic oxidation sites excluding steroid dienone is 2. The minimum Gasteiger partial charge on any atom is -0.300 e. The highest BCUT2D eigenvalue weighted by Gasteiger charge is 2.40. The first kappa shape index (κ1) is 29.6. The first-order valence-corrected chi connectivity index (χ1v) is 14.1. The Morgan fingerprint density at radius 2 is 1.59 bits per heavy atom. The van der Waals surface area contributed by atoms with Crippen molar-refractivity contribution in [3.63, 3.8) is 0 Å². The van der Waals surface area contributed by atoms with E-state index >= 15 is 0 Å². The zero-order valence-electron chi connectivity index (χ0n) is 19.9. The number of hydrogen-bond acceptors (Lipinski definition) is 5. The molecule has 3 aliphatic rings. The van der Waals surface area contributed by atoms with Gasteiger partial charge in [0.25, 0.3) is 0 Å². The first-order chi connectivity index (χ1) is 17.6. The topological polar surface area (TPSA) is 98.5 Å². The lowest BCUT2D eigenvalue weighted by Gasteiger charge is -2.10. The van der Waals surface area contributed by atoms with Gasteiger partial charge in [-0.15, -0.1) is 0 Å². The van der Waals surface area contributed by atoms with Crippen molar-refractivity contribution in [3.8, 4) is 0 Å². The van der Waals surface area contributed by atoms with Gasteiger partial charge in [0.2, 0.25) is 5.92 Å². The fourth-order valence-electron chi connectivity index (χ4n) is 3.96. The summed E-state index contributed by atoms with van der Waals surface area (Å²) in [6.45, 7) is 0. The molecular weight excluding hydrogens is 682 g/mol. The van der Waals surface area contributed by atoms with Crippen molar-refractivity contribution in [3.05, 3.63) is 62.8 Å². The summed E-state index contributed by atoms with van der Waals surface area (Å²) in [4.78, 5) is 21.1. The first-order valence-electron chi connectivity index (χ1n) is 11.7. The van der Waals surface area contributed by atoms with E-state index in [-0.39, 0.29) is 24.7 Å². The number of Topliss-reactive ketones (excluding diaryl/α,β-unsaturated/α-hetero) is 1. The molecule has 8 nitrogen and oxygen atoms in total. The minimum atomic E-state index is -2.50. The van der Waals surface area contributed by atoms with Gasteiger partial charge in [0, 0.05) is 50.7 Å². The molecule has 1 N–H and O–H groups in total. The molecule has 3 aromatic heterocycles. The van der Waals surface area contributed by atoms with Crippen molar-refractivity contribution in [1.29, 1.82) is 0 Å². The molecule has 2 saturated carbocycles. The van der Waals surface area contributed by atoms with Crippen LogP contribution in [0.4, 0.5) is 8.78 Å². The van der Waals surface area contributed by atoms with Crippen LogP contribution in [0.2, 0.25) is 0 Å². The molecule has 0 spiro atoms. The molecule has 200 valence electrons. The second kappa shape index (κ2) is 14.2. The predicted octanol–water partition coefficient (Wildman–Crippen LogP) is 7.02. The van der Waals surface area contributed by atoms with Gasteiger partial charge in [-0.1, -0.05) is 6.08 Å². The standard InChI is InChI=1S/C8H9BrF2N2.C8H9BrN2O.C5H6O.C3H3BrN2/c9-6-4-12-13(5-6)7-1-2-8(10,11)3-7;9-6-4-10-11(5-6)7-1-2-8(12)3-7;6-5-3-1-2-4-5;4-3-1-5-6-2-3/h4-5,7H,1-3H2;4-5,7H,1-3H2;1,3H,2,4H2;1-2H,(H,5,6). The fraction of sp³-hybridized carbons (Fsp3) is 0.458. The van der Waals surface area contributed by atoms with E-state index in [0.717, 1.165) is 32.7 Å². The molecule has 13 heteroatoms. The Labute approximate surface area is 238 Å². The second-order valence-corrected chi connectivity index (χ2v) is 11.5. The summed E-state index contributed by atoms with van der Waals surface area (Å²) in [5, 5.41) is 14.4. The van der Waals surface area contributed by atoms with E-state index in [0.29, 0.717) is 31.1 Å². The van der Waals surface area contributed by atoms with Crippen LogP contribution in [0.15, 0.2) is 62.8 Å². The summed E-state index contributed by atoms with van der Waals surface area (Å²) in [5.41, 5.74) is 0. The summed E-state index contributed by atoms with van der Waals surface area (Å²) < 4.78 is 32.0. The Bertz CT molecular complexity index is 1180. The highest BCUT2D eigenvalue weighted by molar-refractivity contribution is 9.11. The molecule has 0 amide bonds. The van der Waals surface area contributed by atoms with Crippen molar-refractivity contribution in [2.45, 2.75) is 69.4 Å². The molecule has 3 aromatic rings. The van der Waals surface area contributed by atoms with Crippen LogP contribution in [-0.4, -0.2) is 47.2 Å². The lowest BCUT2D eigenvalue weighted by molar-refractivity contribution is -0.117. The number of aromatic amines is 1. The van der Waals surface area contributed by atoms with Gasteiger partial charge in [-0.05, 0) is 73.1 Å². The third-order valence-corrected chi connectivity index (χ3v) is 7.06. The fourth-order valence-corrected chi connectivity index (χ4v) is 4.77. The number of aromatic nitrogens is 6. The van der Waals surface area contributed by atoms with Crippen molar-refractivity contribution in [2.75, 3.05) is 0 Å². The van der Waals surface area contributed by atoms with Gasteiger partial charge >= 0.3 is 0 Å². The second-order valence-electron chi connectivity index (χ2n) is 8.79. The van der Waals surface area contributed by atoms with Gasteiger partial charge in [0.05, 0.1) is 44.1 Å². The number of H-pyrrole nitrogens is 1. The molecule has 37 heavy (non-hydrogen) atoms. The maximum Gasteiger partial charge on any atom is 0.250 e. The molecule has 0 saturated heterocycles. The van der Waals surface area contributed by atoms with Crippen LogP contribution in [0.1, 0.15) is 63.5 Å². The largest absolute Gasteiger partial charge is 0.300 e. The van der Waals surface area contributed by atoms with E-state index in [4.69, 9.17) is 0 Å². The average molecular weight is 709 g/mol. The van der Waals surface area contributed by atoms with Crippen molar-refractivity contribution >= 4 is 59.4 Å². The van der Waals surface area contributed by atoms with Gasteiger partial charge in [-0.3, -0.25) is 24.1 Å². The number of ketones is 2. The highest BCUT2D eigenvalue weighted by Crippen LogP contribution is 2.41. The Kier molecular flexibility index (Phi) is 11.4. The SMILES string of the molecule is Brc1cn[nH]c1.FC1(F)CCC(n2cc(Br)cn2)C1.O=C1C=CCC1.O=C1CCC(n2cc(Br)cn2)C1. The molecule has 0 radical (unpaired) electrons. The smallest absolute Gasteiger partial charge is 0.250 e. The van der Waals surface area contributed by atoms with E-state index < -0.39 is 5.92 Å². The zero-order chi connectivity index (χ0) is 26.8. The lowest BCUT2D eigenvalue weighted by Crippen LogP contribution is -2.12. The van der Waals surface area contributed by atoms with Crippen LogP contribution < -0.4 is 0 Å². The van der Waals surface area contributed by atoms with Crippen LogP contribution in [-0.2, 0) is 9.59 Å². The Balaban J connectivity index is 0.000000145. The number of hydrogen-bond donors (Lipinski definition) is 1. The highest BCUT2D eigenvalue weighted by atomic mass is 79.9. The number of halogens is 5. The van der Waals surface area contributed by atoms with E-state index in [1.54, 1.807) is 41.7 Å². The number of carbonyl (C=O) groups is 2. The average Bonchev–Trinajstić information content (AvgIpc) is 3.65. The van der Waals surface area contributed by atoms with Crippen molar-refractivity contribution in [1.82, 2.24) is 29.8 Å². The molecule has 0 aliphatic heterocycles. The molecule has 0 bridgehead atoms. The van der Waals surface area contributed by atoms with Crippen LogP contribution in [0, 0.1) is 0 Å². The Morgan fingerprint density at radius 1 is 0.919 bits per heavy atom. The molecule has 2 fully saturated rings. The van der Waals surface area contributed by atoms with Gasteiger partial charge in [-0.2, -0.15) is 15.3 Å². The van der Waals surface area contributed by atoms with Gasteiger partial charge in [0.15, 0.2) is 5.78 Å². The van der Waals surface area contributed by atoms with E-state index in [1.165, 1.54) is 0 Å². The molecular formula is C24H27Br3F2N6O2. The summed E-state index contributed by atoms with van der Waals surface area (Å²) in [5.74, 6) is -1.87. The summed E-state index contributed by atoms with van der Waals surface area (Å²) in [6, 6.07) is 0.157. The summed E-state index contributed by atoms with van der Waals surface area (Å²) in [6.07, 6.45) is 18.4. The Hall–Kier alpha value is -1.99. The molecule has 3 heterocycles. The van der Waals surface area contributed by atoms with Crippen molar-refractivity contribution < 1.29 is 18.4 Å². The maximum absolute atomic E-state index is 12.8. The van der Waals surface area contributed by atoms with Crippen LogP contribution in [0.3, 0.4) is 0 Å². The van der Waals surface area contributed by atoms with E-state index in [1.807, 2.05) is 17.0 Å². The number of alkyl halides is 2. The summed E-state index contributed by atoms with van der Waals surface area (Å²) >= 11 is 9.75. The predicted molar refractivity (Wildman–Crippen MR) is 145 cm³/mol. The van der Waals surface area contributed by atoms with Gasteiger partial charge in [-0.25, -0.2) is 8.78 Å². The van der Waals surface area contributed by atoms with Crippen LogP contribution in [0.25, 0.3) is 0 Å². The minimum absolute atomic E-state index is 0.0187. The third kappa shape index (κ3) is 10.4. The molecule has 2 unspecified atom stereocenters. The third-order valence-electron chi connectivity index (χ3n) is 5.81. The van der Waals surface area contributed by atoms with Crippen molar-refractivity contribution in [2.24, 2.45) is 0 Å². The number of nitrogens with one attached hydrogen (secondary N) is 1. The number of carbonyl (C=O) groups excluding carboxylic acids is 2. The normalized spacial score (nSPS) is 21.5. The molecule has 3 aliphatic carbocycles. The zero-order valence-corrected chi connectivity index (χ0v) is 24.6.